The van der Waals surface area contributed by atoms with E-state index in [9.17, 15) is 0 Å². The second-order valence-electron chi connectivity index (χ2n) is 24.9. The summed E-state index contributed by atoms with van der Waals surface area (Å²) in [5.74, 6) is 0. The van der Waals surface area contributed by atoms with Gasteiger partial charge in [0.1, 0.15) is 5.58 Å². The van der Waals surface area contributed by atoms with Crippen molar-refractivity contribution >= 4 is 85.5 Å². The Morgan fingerprint density at radius 3 is 1.81 bits per heavy atom. The van der Waals surface area contributed by atoms with E-state index in [1.807, 2.05) is 0 Å². The van der Waals surface area contributed by atoms with E-state index in [2.05, 4.69) is 231 Å². The first kappa shape index (κ1) is 43.6. The highest BCUT2D eigenvalue weighted by atomic mass is 16.3. The topological polar surface area (TPSA) is 22.9 Å². The Labute approximate surface area is 416 Å². The second-order valence-corrected chi connectivity index (χ2v) is 24.9. The Kier molecular flexibility index (Phi) is 8.92. The molecule has 2 aliphatic carbocycles. The molecule has 0 saturated carbocycles. The zero-order valence-corrected chi connectivity index (χ0v) is 43.4. The smallest absolute Gasteiger partial charge is 0.297 e. The van der Waals surface area contributed by atoms with Crippen molar-refractivity contribution in [3.63, 3.8) is 0 Å². The van der Waals surface area contributed by atoms with Crippen molar-refractivity contribution < 1.29 is 4.42 Å². The standard InChI is InChI=1S/C65H66BN3O/c1-39-23-30-52-46(35-39)58-60(70-52)66-49-29-28-47-54-59(49)69(57-40(2)36-48-53(64(10,11)32-31-63(48,8)9)55(57)65(54,12)34-33-62(47,6)7)51-38-45(67(42-19-15-13-16-20-42)43-21-17-14-18-22-43)37-50(56(51)66)68(58)44-26-24-41(25-27-44)61(3,4)5/h13-30,35-38H,31-34H2,1-12H3. The average Bonchev–Trinajstić information content (AvgIpc) is 3.70. The van der Waals surface area contributed by atoms with Crippen LogP contribution >= 0.6 is 0 Å². The monoisotopic (exact) mass is 916 g/mol. The highest BCUT2D eigenvalue weighted by Crippen LogP contribution is 2.65. The molecule has 0 bridgehead atoms. The van der Waals surface area contributed by atoms with Crippen LogP contribution in [0.1, 0.15) is 139 Å². The van der Waals surface area contributed by atoms with E-state index in [1.54, 1.807) is 16.7 Å². The summed E-state index contributed by atoms with van der Waals surface area (Å²) in [5, 5.41) is 1.15. The van der Waals surface area contributed by atoms with E-state index in [4.69, 9.17) is 4.42 Å². The van der Waals surface area contributed by atoms with Crippen LogP contribution in [-0.2, 0) is 27.1 Å². The number of aryl methyl sites for hydroxylation is 2. The number of furan rings is 1. The number of hydrogen-bond donors (Lipinski definition) is 0. The van der Waals surface area contributed by atoms with Gasteiger partial charge in [-0.3, -0.25) is 0 Å². The Morgan fingerprint density at radius 2 is 1.16 bits per heavy atom. The lowest BCUT2D eigenvalue weighted by Gasteiger charge is -2.57. The summed E-state index contributed by atoms with van der Waals surface area (Å²) in [6.45, 7) is 29.1. The van der Waals surface area contributed by atoms with Gasteiger partial charge >= 0.3 is 0 Å². The van der Waals surface area contributed by atoms with Crippen molar-refractivity contribution in [2.24, 2.45) is 0 Å². The molecule has 13 rings (SSSR count). The van der Waals surface area contributed by atoms with Crippen molar-refractivity contribution in [3.05, 3.63) is 178 Å². The van der Waals surface area contributed by atoms with Crippen LogP contribution < -0.4 is 31.3 Å². The largest absolute Gasteiger partial charge is 0.468 e. The Bertz CT molecular complexity index is 3460. The molecule has 0 N–H and O–H groups in total. The van der Waals surface area contributed by atoms with Gasteiger partial charge in [0.2, 0.25) is 0 Å². The van der Waals surface area contributed by atoms with E-state index in [0.717, 1.165) is 64.3 Å². The van der Waals surface area contributed by atoms with E-state index in [0.29, 0.717) is 0 Å². The summed E-state index contributed by atoms with van der Waals surface area (Å²) in [7, 11) is 0. The van der Waals surface area contributed by atoms with E-state index >= 15 is 0 Å². The van der Waals surface area contributed by atoms with Crippen LogP contribution in [0.5, 0.6) is 0 Å². The highest BCUT2D eigenvalue weighted by molar-refractivity contribution is 7.00. The summed E-state index contributed by atoms with van der Waals surface area (Å²) >= 11 is 0. The number of para-hydroxylation sites is 2. The molecule has 4 nitrogen and oxygen atoms in total. The fraction of sp³-hybridized carbons (Fsp3) is 0.323. The summed E-state index contributed by atoms with van der Waals surface area (Å²) in [4.78, 5) is 7.83. The quantitative estimate of drug-likeness (QED) is 0.164. The maximum absolute atomic E-state index is 7.44. The Balaban J connectivity index is 1.22. The maximum Gasteiger partial charge on any atom is 0.297 e. The molecule has 3 aliphatic heterocycles. The molecule has 7 aromatic carbocycles. The predicted molar refractivity (Wildman–Crippen MR) is 297 cm³/mol. The van der Waals surface area contributed by atoms with Crippen LogP contribution in [0.25, 0.3) is 11.0 Å². The van der Waals surface area contributed by atoms with Crippen LogP contribution in [0.2, 0.25) is 0 Å². The molecule has 70 heavy (non-hydrogen) atoms. The van der Waals surface area contributed by atoms with Crippen molar-refractivity contribution in [2.75, 3.05) is 14.7 Å². The fourth-order valence-corrected chi connectivity index (χ4v) is 14.0. The predicted octanol–water partition coefficient (Wildman–Crippen LogP) is 15.9. The van der Waals surface area contributed by atoms with Crippen LogP contribution in [0.15, 0.2) is 138 Å². The van der Waals surface area contributed by atoms with E-state index in [-0.39, 0.29) is 33.8 Å². The molecule has 1 aromatic heterocycles. The lowest BCUT2D eigenvalue weighted by Crippen LogP contribution is -2.62. The summed E-state index contributed by atoms with van der Waals surface area (Å²) in [5.41, 5.74) is 26.9. The normalized spacial score (nSPS) is 19.5. The molecule has 5 heteroatoms. The molecule has 4 heterocycles. The lowest BCUT2D eigenvalue weighted by atomic mass is 9.34. The first-order chi connectivity index (χ1) is 33.3. The molecular weight excluding hydrogens is 850 g/mol. The number of rotatable bonds is 4. The maximum atomic E-state index is 7.44. The zero-order valence-electron chi connectivity index (χ0n) is 43.4. The Hall–Kier alpha value is -6.46. The molecular formula is C65H66BN3O. The molecule has 0 radical (unpaired) electrons. The number of fused-ring (bicyclic) bond motifs is 11. The van der Waals surface area contributed by atoms with Gasteiger partial charge in [0.15, 0.2) is 0 Å². The summed E-state index contributed by atoms with van der Waals surface area (Å²) in [6.07, 6.45) is 4.58. The van der Waals surface area contributed by atoms with Gasteiger partial charge in [-0.1, -0.05) is 148 Å². The molecule has 0 saturated heterocycles. The van der Waals surface area contributed by atoms with Crippen LogP contribution in [-0.4, -0.2) is 6.71 Å². The van der Waals surface area contributed by atoms with Gasteiger partial charge in [0.05, 0.1) is 22.7 Å². The first-order valence-electron chi connectivity index (χ1n) is 26.0. The number of benzene rings is 7. The fourth-order valence-electron chi connectivity index (χ4n) is 14.0. The highest BCUT2D eigenvalue weighted by Gasteiger charge is 2.57. The molecule has 0 spiro atoms. The summed E-state index contributed by atoms with van der Waals surface area (Å²) in [6, 6.07) is 50.8. The zero-order chi connectivity index (χ0) is 48.6. The van der Waals surface area contributed by atoms with E-state index in [1.165, 1.54) is 67.9 Å². The first-order valence-corrected chi connectivity index (χ1v) is 26.0. The van der Waals surface area contributed by atoms with Crippen molar-refractivity contribution in [3.8, 4) is 0 Å². The number of hydrogen-bond acceptors (Lipinski definition) is 4. The van der Waals surface area contributed by atoms with Crippen LogP contribution in [0.4, 0.5) is 51.2 Å². The van der Waals surface area contributed by atoms with Gasteiger partial charge in [-0.15, -0.1) is 0 Å². The molecule has 0 amide bonds. The molecule has 0 fully saturated rings. The third-order valence-corrected chi connectivity index (χ3v) is 17.8. The molecule has 1 atom stereocenters. The van der Waals surface area contributed by atoms with Gasteiger partial charge in [-0.05, 0) is 172 Å². The van der Waals surface area contributed by atoms with Crippen molar-refractivity contribution in [2.45, 2.75) is 136 Å². The van der Waals surface area contributed by atoms with Crippen molar-refractivity contribution in [1.82, 2.24) is 0 Å². The van der Waals surface area contributed by atoms with Gasteiger partial charge in [-0.2, -0.15) is 0 Å². The SMILES string of the molecule is Cc1ccc2oc3c(c2c1)N(c1ccc(C(C)(C)C)cc1)c1cc(N(c2ccccc2)c2ccccc2)cc2c1B3c1ccc3c4c1N2c1c(C)cc2c(c1C4(C)CCC3(C)C)C(C)(C)CCC2(C)C. The minimum absolute atomic E-state index is 0.00105. The van der Waals surface area contributed by atoms with Gasteiger partial charge < -0.3 is 19.1 Å². The minimum Gasteiger partial charge on any atom is -0.468 e. The molecule has 8 aromatic rings. The summed E-state index contributed by atoms with van der Waals surface area (Å²) < 4.78 is 7.44. The van der Waals surface area contributed by atoms with Crippen molar-refractivity contribution in [1.29, 1.82) is 0 Å². The van der Waals surface area contributed by atoms with Gasteiger partial charge in [0.25, 0.3) is 6.71 Å². The van der Waals surface area contributed by atoms with Gasteiger partial charge in [0, 0.05) is 44.9 Å². The second kappa shape index (κ2) is 14.3. The van der Waals surface area contributed by atoms with E-state index < -0.39 is 0 Å². The average molecular weight is 916 g/mol. The van der Waals surface area contributed by atoms with Gasteiger partial charge in [-0.25, -0.2) is 0 Å². The third-order valence-electron chi connectivity index (χ3n) is 17.8. The molecule has 5 aliphatic rings. The molecule has 350 valence electrons. The molecule has 1 unspecified atom stereocenters. The lowest BCUT2D eigenvalue weighted by molar-refractivity contribution is 0.311. The number of anilines is 9. The Morgan fingerprint density at radius 1 is 0.543 bits per heavy atom. The third kappa shape index (κ3) is 5.90. The number of nitrogens with zero attached hydrogens (tertiary/aromatic N) is 3. The van der Waals surface area contributed by atoms with Crippen LogP contribution in [0, 0.1) is 13.8 Å². The minimum atomic E-state index is -0.204. The van der Waals surface area contributed by atoms with Crippen LogP contribution in [0.3, 0.4) is 0 Å².